The van der Waals surface area contributed by atoms with Crippen molar-refractivity contribution in [3.8, 4) is 28.4 Å². The van der Waals surface area contributed by atoms with Gasteiger partial charge in [-0.15, -0.1) is 0 Å². The summed E-state index contributed by atoms with van der Waals surface area (Å²) in [5, 5.41) is 4.38. The van der Waals surface area contributed by atoms with Crippen LogP contribution in [-0.4, -0.2) is 61.8 Å². The Morgan fingerprint density at radius 2 is 1.76 bits per heavy atom. The Morgan fingerprint density at radius 3 is 2.57 bits per heavy atom. The van der Waals surface area contributed by atoms with Gasteiger partial charge in [-0.2, -0.15) is 0 Å². The first-order chi connectivity index (χ1) is 20.4. The number of benzene rings is 3. The molecule has 2 N–H and O–H groups in total. The molecular formula is C33H33N3O6. The largest absolute Gasteiger partial charge is 0.496 e. The van der Waals surface area contributed by atoms with Gasteiger partial charge in [0.1, 0.15) is 23.6 Å². The van der Waals surface area contributed by atoms with E-state index in [1.165, 1.54) is 7.11 Å². The van der Waals surface area contributed by atoms with Crippen LogP contribution in [0.15, 0.2) is 78.1 Å². The number of hydrogen-bond acceptors (Lipinski definition) is 8. The molecule has 0 radical (unpaired) electrons. The molecule has 3 aromatic carbocycles. The average molecular weight is 568 g/mol. The number of fused-ring (bicyclic) bond motifs is 2. The number of para-hydroxylation sites is 2. The molecule has 1 fully saturated rings. The molecule has 0 spiro atoms. The van der Waals surface area contributed by atoms with Gasteiger partial charge in [0.25, 0.3) is 0 Å². The molecule has 1 aromatic heterocycles. The highest BCUT2D eigenvalue weighted by atomic mass is 16.5. The zero-order valence-electron chi connectivity index (χ0n) is 24.0. The summed E-state index contributed by atoms with van der Waals surface area (Å²) in [6, 6.07) is 19.4. The molecular weight excluding hydrogens is 534 g/mol. The van der Waals surface area contributed by atoms with Gasteiger partial charge in [-0.1, -0.05) is 30.3 Å². The smallest absolute Gasteiger partial charge is 0.336 e. The molecule has 4 aromatic rings. The molecule has 42 heavy (non-hydrogen) atoms. The number of anilines is 1. The quantitative estimate of drug-likeness (QED) is 0.276. The van der Waals surface area contributed by atoms with Crippen molar-refractivity contribution in [1.82, 2.24) is 9.88 Å². The van der Waals surface area contributed by atoms with Crippen LogP contribution in [0, 0.1) is 0 Å². The van der Waals surface area contributed by atoms with Gasteiger partial charge < -0.3 is 29.2 Å². The van der Waals surface area contributed by atoms with Crippen molar-refractivity contribution in [3.63, 3.8) is 0 Å². The van der Waals surface area contributed by atoms with Gasteiger partial charge in [0.15, 0.2) is 5.75 Å². The zero-order valence-corrected chi connectivity index (χ0v) is 24.0. The van der Waals surface area contributed by atoms with Gasteiger partial charge in [0.2, 0.25) is 0 Å². The minimum Gasteiger partial charge on any atom is -0.496 e. The van der Waals surface area contributed by atoms with Gasteiger partial charge in [-0.25, -0.2) is 4.79 Å². The summed E-state index contributed by atoms with van der Waals surface area (Å²) >= 11 is 0. The molecule has 6 rings (SSSR count). The fourth-order valence-corrected chi connectivity index (χ4v) is 5.80. The Labute approximate surface area is 244 Å². The first-order valence-electron chi connectivity index (χ1n) is 13.9. The number of allylic oxidation sites excluding steroid dienone is 1. The lowest BCUT2D eigenvalue weighted by atomic mass is 9.93. The maximum absolute atomic E-state index is 13.5. The van der Waals surface area contributed by atoms with Crippen LogP contribution in [0.1, 0.15) is 18.9 Å². The van der Waals surface area contributed by atoms with Crippen molar-refractivity contribution in [3.05, 3.63) is 83.7 Å². The summed E-state index contributed by atoms with van der Waals surface area (Å²) in [4.78, 5) is 30.7. The first kappa shape index (κ1) is 27.4. The molecule has 3 heterocycles. The molecule has 9 heteroatoms. The highest BCUT2D eigenvalue weighted by molar-refractivity contribution is 5.93. The Balaban J connectivity index is 1.34. The van der Waals surface area contributed by atoms with Crippen LogP contribution in [0.5, 0.6) is 17.2 Å². The number of methoxy groups -OCH3 is 2. The lowest BCUT2D eigenvalue weighted by molar-refractivity contribution is -0.147. The molecule has 0 bridgehead atoms. The fourth-order valence-electron chi connectivity index (χ4n) is 5.80. The van der Waals surface area contributed by atoms with Crippen molar-refractivity contribution >= 4 is 28.5 Å². The summed E-state index contributed by atoms with van der Waals surface area (Å²) in [5.74, 6) is 1.30. The van der Waals surface area contributed by atoms with Crippen molar-refractivity contribution in [2.24, 2.45) is 0 Å². The van der Waals surface area contributed by atoms with Gasteiger partial charge in [0.05, 0.1) is 19.8 Å². The average Bonchev–Trinajstić information content (AvgIpc) is 3.58. The van der Waals surface area contributed by atoms with Crippen molar-refractivity contribution in [1.29, 1.82) is 0 Å². The maximum Gasteiger partial charge on any atom is 0.336 e. The molecule has 2 aliphatic heterocycles. The third-order valence-electron chi connectivity index (χ3n) is 8.03. The van der Waals surface area contributed by atoms with Crippen molar-refractivity contribution < 1.29 is 28.5 Å². The predicted molar refractivity (Wildman–Crippen MR) is 160 cm³/mol. The SMILES string of the molecule is COC(=O)[C@H]1C[C@@H](OC(=O)C2=C(C)Nc3cc(-c4ccccc4OC)cc(Oc4c[nH]c5ccccc45)c3C2)CN1C. The Hall–Kier alpha value is -4.76. The summed E-state index contributed by atoms with van der Waals surface area (Å²) in [5.41, 5.74) is 5.70. The minimum atomic E-state index is -0.433. The van der Waals surface area contributed by atoms with Crippen molar-refractivity contribution in [2.75, 3.05) is 33.1 Å². The van der Waals surface area contributed by atoms with E-state index in [0.29, 0.717) is 42.2 Å². The van der Waals surface area contributed by atoms with E-state index in [0.717, 1.165) is 39.0 Å². The van der Waals surface area contributed by atoms with E-state index in [4.69, 9.17) is 18.9 Å². The number of hydrogen-bond donors (Lipinski definition) is 2. The van der Waals surface area contributed by atoms with Gasteiger partial charge in [-0.3, -0.25) is 9.69 Å². The highest BCUT2D eigenvalue weighted by Crippen LogP contribution is 2.43. The van der Waals surface area contributed by atoms with E-state index in [9.17, 15) is 9.59 Å². The number of carbonyl (C=O) groups is 2. The monoisotopic (exact) mass is 567 g/mol. The second-order valence-corrected chi connectivity index (χ2v) is 10.6. The minimum absolute atomic E-state index is 0.319. The number of likely N-dealkylation sites (N-methyl/N-ethyl adjacent to an activating group) is 1. The number of H-pyrrole nitrogens is 1. The Kier molecular flexibility index (Phi) is 7.34. The molecule has 2 atom stereocenters. The van der Waals surface area contributed by atoms with Crippen LogP contribution >= 0.6 is 0 Å². The Morgan fingerprint density at radius 1 is 0.976 bits per heavy atom. The van der Waals surface area contributed by atoms with Gasteiger partial charge in [-0.05, 0) is 49.9 Å². The van der Waals surface area contributed by atoms with Crippen LogP contribution in [0.2, 0.25) is 0 Å². The molecule has 0 saturated carbocycles. The number of aromatic amines is 1. The number of nitrogens with one attached hydrogen (secondary N) is 2. The topological polar surface area (TPSA) is 102 Å². The van der Waals surface area contributed by atoms with E-state index >= 15 is 0 Å². The third-order valence-corrected chi connectivity index (χ3v) is 8.03. The van der Waals surface area contributed by atoms with Gasteiger partial charge in [0, 0.05) is 59.0 Å². The second-order valence-electron chi connectivity index (χ2n) is 10.6. The first-order valence-corrected chi connectivity index (χ1v) is 13.9. The molecule has 0 amide bonds. The predicted octanol–water partition coefficient (Wildman–Crippen LogP) is 5.67. The van der Waals surface area contributed by atoms with Crippen LogP contribution in [0.4, 0.5) is 5.69 Å². The van der Waals surface area contributed by atoms with Gasteiger partial charge >= 0.3 is 11.9 Å². The standard InChI is InChI=1S/C33H33N3O6/c1-19-24(32(37)41-21-15-28(33(38)40-4)36(2)18-21)16-25-27(35-19)13-20(22-9-6-8-12-29(22)39-3)14-30(25)42-31-17-34-26-11-7-5-10-23(26)31/h5-14,17,21,28,34-35H,15-16,18H2,1-4H3/t21-,28-/m1/s1. The fraction of sp³-hybridized carbons (Fsp3) is 0.273. The number of likely N-dealkylation sites (tertiary alicyclic amines) is 1. The third kappa shape index (κ3) is 5.07. The van der Waals surface area contributed by atoms with Crippen LogP contribution in [0.3, 0.4) is 0 Å². The van der Waals surface area contributed by atoms with E-state index in [-0.39, 0.29) is 5.97 Å². The number of aromatic nitrogens is 1. The lowest BCUT2D eigenvalue weighted by Gasteiger charge is -2.26. The summed E-state index contributed by atoms with van der Waals surface area (Å²) < 4.78 is 23.0. The van der Waals surface area contributed by atoms with E-state index in [1.807, 2.05) is 85.7 Å². The number of esters is 2. The zero-order chi connectivity index (χ0) is 29.4. The molecule has 1 saturated heterocycles. The Bertz CT molecular complexity index is 1710. The summed E-state index contributed by atoms with van der Waals surface area (Å²) in [6.07, 6.45) is 2.14. The highest BCUT2D eigenvalue weighted by Gasteiger charge is 2.38. The van der Waals surface area contributed by atoms with Crippen LogP contribution in [0.25, 0.3) is 22.0 Å². The number of nitrogens with zero attached hydrogens (tertiary/aromatic N) is 1. The lowest BCUT2D eigenvalue weighted by Crippen LogP contribution is -2.33. The summed E-state index contributed by atoms with van der Waals surface area (Å²) in [6.45, 7) is 2.33. The number of carbonyl (C=O) groups excluding carboxylic acids is 2. The molecule has 2 aliphatic rings. The van der Waals surface area contributed by atoms with Crippen molar-refractivity contribution in [2.45, 2.75) is 31.9 Å². The maximum atomic E-state index is 13.5. The molecule has 216 valence electrons. The van der Waals surface area contributed by atoms with E-state index in [1.54, 1.807) is 7.11 Å². The molecule has 0 unspecified atom stereocenters. The van der Waals surface area contributed by atoms with E-state index in [2.05, 4.69) is 10.3 Å². The summed E-state index contributed by atoms with van der Waals surface area (Å²) in [7, 11) is 4.84. The van der Waals surface area contributed by atoms with E-state index < -0.39 is 18.1 Å². The second kappa shape index (κ2) is 11.3. The molecule has 0 aliphatic carbocycles. The van der Waals surface area contributed by atoms with Crippen LogP contribution < -0.4 is 14.8 Å². The normalized spacial score (nSPS) is 18.4. The number of rotatable bonds is 7. The van der Waals surface area contributed by atoms with Crippen LogP contribution in [-0.2, 0) is 25.5 Å². The number of ether oxygens (including phenoxy) is 4. The molecule has 9 nitrogen and oxygen atoms in total.